The van der Waals surface area contributed by atoms with E-state index in [-0.39, 0.29) is 24.6 Å². The zero-order valence-corrected chi connectivity index (χ0v) is 29.3. The molecule has 3 aromatic carbocycles. The Kier molecular flexibility index (Phi) is 13.2. The van der Waals surface area contributed by atoms with Crippen molar-refractivity contribution in [2.24, 2.45) is 7.05 Å². The van der Waals surface area contributed by atoms with Gasteiger partial charge in [-0.3, -0.25) is 19.2 Å². The number of aldehydes is 1. The molecule has 14 heteroatoms. The van der Waals surface area contributed by atoms with E-state index < -0.39 is 23.5 Å². The summed E-state index contributed by atoms with van der Waals surface area (Å²) in [4.78, 5) is 34.7. The molecule has 0 saturated carbocycles. The van der Waals surface area contributed by atoms with E-state index in [1.165, 1.54) is 36.0 Å². The van der Waals surface area contributed by atoms with Crippen molar-refractivity contribution < 1.29 is 22.4 Å². The molecular formula is C36H37ClF4N6O2S. The van der Waals surface area contributed by atoms with Gasteiger partial charge in [0, 0.05) is 56.8 Å². The Morgan fingerprint density at radius 3 is 2.06 bits per heavy atom. The van der Waals surface area contributed by atoms with Crippen LogP contribution in [-0.4, -0.2) is 62.6 Å². The molecule has 1 atom stereocenters. The molecule has 5 rings (SSSR count). The molecule has 50 heavy (non-hydrogen) atoms. The van der Waals surface area contributed by atoms with E-state index in [1.807, 2.05) is 54.4 Å². The molecule has 264 valence electrons. The van der Waals surface area contributed by atoms with Gasteiger partial charge in [-0.25, -0.2) is 4.39 Å². The molecular weight excluding hydrogens is 692 g/mol. The Bertz CT molecular complexity index is 1910. The van der Waals surface area contributed by atoms with Crippen LogP contribution in [-0.2, 0) is 36.7 Å². The SMILES string of the molecule is CN(C)CCN(Cc1ccc(-c2ccc(C(F)(F)F)cc2)cc1)C(C=O)n1cc(Cc2cnn(C)c2)c(=O)nc1SCc1ccc(F)cc1.Cl. The van der Waals surface area contributed by atoms with Crippen molar-refractivity contribution in [1.82, 2.24) is 29.1 Å². The highest BCUT2D eigenvalue weighted by molar-refractivity contribution is 7.98. The summed E-state index contributed by atoms with van der Waals surface area (Å²) in [6.07, 6.45) is 1.03. The van der Waals surface area contributed by atoms with Crippen molar-refractivity contribution in [2.45, 2.75) is 36.2 Å². The number of halogens is 5. The standard InChI is InChI=1S/C36H36F4N6O2S.ClH/c1-43(2)16-17-45(21-25-4-8-28(9-5-25)29-10-12-31(13-11-29)36(38,39)40)33(23-47)46-22-30(18-27-19-41-44(3)20-27)34(48)42-35(46)49-24-26-6-14-32(37)15-7-26;/h4-15,19-20,22-23,33H,16-18,21,24H2,1-3H3;1H. The molecule has 0 aliphatic rings. The molecule has 2 heterocycles. The van der Waals surface area contributed by atoms with Gasteiger partial charge in [-0.05, 0) is 66.2 Å². The van der Waals surface area contributed by atoms with E-state index in [2.05, 4.69) is 10.1 Å². The van der Waals surface area contributed by atoms with Crippen LogP contribution in [0.4, 0.5) is 17.6 Å². The quantitative estimate of drug-likeness (QED) is 0.0535. The van der Waals surface area contributed by atoms with Crippen LogP contribution >= 0.6 is 24.2 Å². The molecule has 0 amide bonds. The van der Waals surface area contributed by atoms with E-state index in [4.69, 9.17) is 0 Å². The minimum Gasteiger partial charge on any atom is -0.308 e. The molecule has 0 aliphatic heterocycles. The number of nitrogens with zero attached hydrogens (tertiary/aromatic N) is 6. The summed E-state index contributed by atoms with van der Waals surface area (Å²) < 4.78 is 56.1. The second kappa shape index (κ2) is 17.1. The largest absolute Gasteiger partial charge is 0.416 e. The molecule has 0 bridgehead atoms. The smallest absolute Gasteiger partial charge is 0.308 e. The van der Waals surface area contributed by atoms with Gasteiger partial charge in [0.25, 0.3) is 5.56 Å². The third-order valence-corrected chi connectivity index (χ3v) is 8.96. The number of carbonyl (C=O) groups is 1. The van der Waals surface area contributed by atoms with Crippen LogP contribution in [0.2, 0.25) is 0 Å². The van der Waals surface area contributed by atoms with Gasteiger partial charge in [-0.15, -0.1) is 12.4 Å². The summed E-state index contributed by atoms with van der Waals surface area (Å²) >= 11 is 1.28. The van der Waals surface area contributed by atoms with Gasteiger partial charge in [0.1, 0.15) is 12.0 Å². The van der Waals surface area contributed by atoms with E-state index in [0.717, 1.165) is 40.7 Å². The minimum atomic E-state index is -4.41. The highest BCUT2D eigenvalue weighted by Crippen LogP contribution is 2.31. The van der Waals surface area contributed by atoms with Crippen LogP contribution in [0.25, 0.3) is 11.1 Å². The normalized spacial score (nSPS) is 12.3. The van der Waals surface area contributed by atoms with Gasteiger partial charge in [-0.2, -0.15) is 23.3 Å². The van der Waals surface area contributed by atoms with Crippen LogP contribution in [0.5, 0.6) is 0 Å². The lowest BCUT2D eigenvalue weighted by Crippen LogP contribution is -2.39. The second-order valence-electron chi connectivity index (χ2n) is 12.0. The maximum atomic E-state index is 13.5. The number of benzene rings is 3. The molecule has 2 aromatic heterocycles. The maximum Gasteiger partial charge on any atom is 0.416 e. The first-order valence-electron chi connectivity index (χ1n) is 15.5. The fourth-order valence-electron chi connectivity index (χ4n) is 5.27. The third-order valence-electron chi connectivity index (χ3n) is 7.92. The maximum absolute atomic E-state index is 13.5. The van der Waals surface area contributed by atoms with Gasteiger partial charge in [-0.1, -0.05) is 60.3 Å². The lowest BCUT2D eigenvalue weighted by molar-refractivity contribution is -0.137. The van der Waals surface area contributed by atoms with E-state index >= 15 is 0 Å². The first-order chi connectivity index (χ1) is 23.4. The van der Waals surface area contributed by atoms with E-state index in [9.17, 15) is 27.2 Å². The summed E-state index contributed by atoms with van der Waals surface area (Å²) in [5, 5.41) is 4.54. The Morgan fingerprint density at radius 1 is 0.880 bits per heavy atom. The number of aromatic nitrogens is 4. The van der Waals surface area contributed by atoms with Crippen molar-refractivity contribution in [2.75, 3.05) is 27.2 Å². The molecule has 0 radical (unpaired) electrons. The number of carbonyl (C=O) groups excluding carboxylic acids is 1. The summed E-state index contributed by atoms with van der Waals surface area (Å²) in [5.41, 5.74) is 3.22. The average Bonchev–Trinajstić information content (AvgIpc) is 3.49. The van der Waals surface area contributed by atoms with Crippen molar-refractivity contribution in [1.29, 1.82) is 0 Å². The number of aryl methyl sites for hydroxylation is 1. The van der Waals surface area contributed by atoms with E-state index in [0.29, 0.717) is 41.7 Å². The Labute approximate surface area is 298 Å². The Morgan fingerprint density at radius 2 is 1.50 bits per heavy atom. The molecule has 0 N–H and O–H groups in total. The fourth-order valence-corrected chi connectivity index (χ4v) is 6.22. The first kappa shape index (κ1) is 38.5. The lowest BCUT2D eigenvalue weighted by Gasteiger charge is -2.32. The summed E-state index contributed by atoms with van der Waals surface area (Å²) in [6.45, 7) is 1.47. The van der Waals surface area contributed by atoms with Gasteiger partial charge < -0.3 is 9.47 Å². The second-order valence-corrected chi connectivity index (χ2v) is 12.9. The fraction of sp³-hybridized carbons (Fsp3) is 0.278. The van der Waals surface area contributed by atoms with Crippen LogP contribution in [0, 0.1) is 5.82 Å². The van der Waals surface area contributed by atoms with Gasteiger partial charge >= 0.3 is 6.18 Å². The Hall–Kier alpha value is -4.30. The van der Waals surface area contributed by atoms with E-state index in [1.54, 1.807) is 40.8 Å². The molecule has 0 fully saturated rings. The first-order valence-corrected chi connectivity index (χ1v) is 16.5. The number of thioether (sulfide) groups is 1. The van der Waals surface area contributed by atoms with Gasteiger partial charge in [0.2, 0.25) is 0 Å². The highest BCUT2D eigenvalue weighted by Gasteiger charge is 2.30. The predicted octanol–water partition coefficient (Wildman–Crippen LogP) is 6.87. The molecule has 5 aromatic rings. The van der Waals surface area contributed by atoms with Gasteiger partial charge in [0.05, 0.1) is 11.8 Å². The number of hydrogen-bond acceptors (Lipinski definition) is 7. The third kappa shape index (κ3) is 10.1. The molecule has 0 saturated heterocycles. The van der Waals surface area contributed by atoms with Crippen molar-refractivity contribution in [3.05, 3.63) is 135 Å². The number of rotatable bonds is 14. The van der Waals surface area contributed by atoms with Crippen molar-refractivity contribution in [3.63, 3.8) is 0 Å². The Balaban J connectivity index is 0.00000562. The zero-order valence-electron chi connectivity index (χ0n) is 27.7. The molecule has 8 nitrogen and oxygen atoms in total. The minimum absolute atomic E-state index is 0. The summed E-state index contributed by atoms with van der Waals surface area (Å²) in [6, 6.07) is 18.5. The van der Waals surface area contributed by atoms with Crippen LogP contribution in [0.1, 0.15) is 34.0 Å². The molecule has 0 aliphatic carbocycles. The lowest BCUT2D eigenvalue weighted by atomic mass is 10.0. The van der Waals surface area contributed by atoms with Crippen LogP contribution in [0.3, 0.4) is 0 Å². The number of alkyl halides is 3. The average molecular weight is 729 g/mol. The topological polar surface area (TPSA) is 76.3 Å². The monoisotopic (exact) mass is 728 g/mol. The van der Waals surface area contributed by atoms with Crippen molar-refractivity contribution >= 4 is 30.5 Å². The summed E-state index contributed by atoms with van der Waals surface area (Å²) in [5.74, 6) is 0.0390. The van der Waals surface area contributed by atoms with Crippen LogP contribution in [0.15, 0.2) is 101 Å². The predicted molar refractivity (Wildman–Crippen MR) is 189 cm³/mol. The molecule has 1 unspecified atom stereocenters. The van der Waals surface area contributed by atoms with Crippen LogP contribution < -0.4 is 5.56 Å². The van der Waals surface area contributed by atoms with Gasteiger partial charge in [0.15, 0.2) is 11.4 Å². The number of hydrogen-bond donors (Lipinski definition) is 0. The zero-order chi connectivity index (χ0) is 35.1. The highest BCUT2D eigenvalue weighted by atomic mass is 35.5. The van der Waals surface area contributed by atoms with Crippen molar-refractivity contribution in [3.8, 4) is 11.1 Å². The molecule has 0 spiro atoms. The summed E-state index contributed by atoms with van der Waals surface area (Å²) in [7, 11) is 5.66. The number of likely N-dealkylation sites (N-methyl/N-ethyl adjacent to an activating group) is 1.